The molecule has 3 aromatic rings. The van der Waals surface area contributed by atoms with Crippen LogP contribution in [-0.4, -0.2) is 33.7 Å². The minimum absolute atomic E-state index is 0.700. The van der Waals surface area contributed by atoms with E-state index in [0.29, 0.717) is 5.82 Å². The summed E-state index contributed by atoms with van der Waals surface area (Å²) in [5.41, 5.74) is 2.85. The van der Waals surface area contributed by atoms with Crippen molar-refractivity contribution in [1.29, 1.82) is 0 Å². The van der Waals surface area contributed by atoms with Crippen LogP contribution in [0.3, 0.4) is 0 Å². The summed E-state index contributed by atoms with van der Waals surface area (Å²) in [5, 5.41) is 11.5. The fourth-order valence-electron chi connectivity index (χ4n) is 2.01. The molecule has 0 bridgehead atoms. The van der Waals surface area contributed by atoms with Crippen LogP contribution in [0.2, 0.25) is 0 Å². The molecule has 0 fully saturated rings. The Hall–Kier alpha value is -2.63. The average molecular weight is 268 g/mol. The van der Waals surface area contributed by atoms with E-state index in [4.69, 9.17) is 0 Å². The van der Waals surface area contributed by atoms with Gasteiger partial charge in [0, 0.05) is 37.9 Å². The molecule has 20 heavy (non-hydrogen) atoms. The Morgan fingerprint density at radius 2 is 1.85 bits per heavy atom. The highest BCUT2D eigenvalue weighted by atomic mass is 15.3. The number of hydrogen-bond acceptors (Lipinski definition) is 5. The van der Waals surface area contributed by atoms with Crippen molar-refractivity contribution in [3.63, 3.8) is 0 Å². The van der Waals surface area contributed by atoms with Gasteiger partial charge in [-0.2, -0.15) is 0 Å². The lowest BCUT2D eigenvalue weighted by Gasteiger charge is -2.13. The molecular formula is C14H16N6. The van der Waals surface area contributed by atoms with E-state index in [2.05, 4.69) is 37.5 Å². The van der Waals surface area contributed by atoms with Crippen molar-refractivity contribution in [1.82, 2.24) is 19.6 Å². The van der Waals surface area contributed by atoms with Crippen molar-refractivity contribution >= 4 is 22.8 Å². The van der Waals surface area contributed by atoms with Crippen molar-refractivity contribution in [3.05, 3.63) is 42.5 Å². The summed E-state index contributed by atoms with van der Waals surface area (Å²) in [7, 11) is 4.04. The van der Waals surface area contributed by atoms with Crippen LogP contribution in [0.15, 0.2) is 36.7 Å². The van der Waals surface area contributed by atoms with E-state index in [1.165, 1.54) is 0 Å². The second-order valence-electron chi connectivity index (χ2n) is 4.78. The summed E-state index contributed by atoms with van der Waals surface area (Å²) in [6.07, 6.45) is 3.59. The van der Waals surface area contributed by atoms with E-state index in [-0.39, 0.29) is 0 Å². The van der Waals surface area contributed by atoms with E-state index in [9.17, 15) is 0 Å². The number of rotatable bonds is 3. The quantitative estimate of drug-likeness (QED) is 0.789. The molecule has 0 amide bonds. The minimum atomic E-state index is 0.700. The van der Waals surface area contributed by atoms with Gasteiger partial charge >= 0.3 is 0 Å². The van der Waals surface area contributed by atoms with Crippen LogP contribution in [0.25, 0.3) is 5.65 Å². The fraction of sp³-hybridized carbons (Fsp3) is 0.214. The third kappa shape index (κ3) is 2.16. The number of fused-ring (bicyclic) bond motifs is 1. The van der Waals surface area contributed by atoms with Gasteiger partial charge in [0.25, 0.3) is 0 Å². The second kappa shape index (κ2) is 4.80. The highest BCUT2D eigenvalue weighted by molar-refractivity contribution is 5.70. The first-order valence-electron chi connectivity index (χ1n) is 6.36. The van der Waals surface area contributed by atoms with Gasteiger partial charge in [-0.15, -0.1) is 10.2 Å². The first-order valence-corrected chi connectivity index (χ1v) is 6.36. The van der Waals surface area contributed by atoms with Crippen LogP contribution in [0.5, 0.6) is 0 Å². The van der Waals surface area contributed by atoms with Crippen LogP contribution in [0, 0.1) is 6.92 Å². The molecule has 1 aromatic carbocycles. The standard InChI is InChI=1S/C14H16N6/c1-10-17-18-14-13(15-8-9-20(10)14)16-11-4-6-12(7-5-11)19(2)3/h4-9H,1-3H3,(H,15,16). The predicted octanol–water partition coefficient (Wildman–Crippen LogP) is 2.24. The molecule has 2 heterocycles. The molecule has 0 spiro atoms. The highest BCUT2D eigenvalue weighted by Gasteiger charge is 2.07. The highest BCUT2D eigenvalue weighted by Crippen LogP contribution is 2.21. The summed E-state index contributed by atoms with van der Waals surface area (Å²) < 4.78 is 1.91. The molecule has 0 saturated heterocycles. The number of nitrogens with one attached hydrogen (secondary N) is 1. The number of hydrogen-bond donors (Lipinski definition) is 1. The Morgan fingerprint density at radius 1 is 1.10 bits per heavy atom. The maximum Gasteiger partial charge on any atom is 0.204 e. The number of aryl methyl sites for hydroxylation is 1. The first kappa shape index (κ1) is 12.4. The molecule has 0 radical (unpaired) electrons. The Bertz CT molecular complexity index is 729. The van der Waals surface area contributed by atoms with E-state index < -0.39 is 0 Å². The van der Waals surface area contributed by atoms with Gasteiger partial charge in [0.2, 0.25) is 5.65 Å². The lowest BCUT2D eigenvalue weighted by atomic mass is 10.2. The van der Waals surface area contributed by atoms with Crippen LogP contribution < -0.4 is 10.2 Å². The lowest BCUT2D eigenvalue weighted by Crippen LogP contribution is -2.08. The molecule has 6 heteroatoms. The maximum absolute atomic E-state index is 4.33. The summed E-state index contributed by atoms with van der Waals surface area (Å²) in [5.74, 6) is 1.54. The van der Waals surface area contributed by atoms with Gasteiger partial charge in [-0.1, -0.05) is 0 Å². The molecule has 102 valence electrons. The zero-order valence-corrected chi connectivity index (χ0v) is 11.7. The normalized spacial score (nSPS) is 10.8. The molecule has 0 aliphatic heterocycles. The Labute approximate surface area is 117 Å². The van der Waals surface area contributed by atoms with Gasteiger partial charge in [-0.3, -0.25) is 4.40 Å². The average Bonchev–Trinajstić information content (AvgIpc) is 2.82. The summed E-state index contributed by atoms with van der Waals surface area (Å²) >= 11 is 0. The van der Waals surface area contributed by atoms with Crippen molar-refractivity contribution in [3.8, 4) is 0 Å². The number of nitrogens with zero attached hydrogens (tertiary/aromatic N) is 5. The monoisotopic (exact) mass is 268 g/mol. The predicted molar refractivity (Wildman–Crippen MR) is 79.6 cm³/mol. The molecule has 0 aliphatic carbocycles. The number of benzene rings is 1. The third-order valence-corrected chi connectivity index (χ3v) is 3.14. The molecule has 0 atom stereocenters. The zero-order valence-electron chi connectivity index (χ0n) is 11.7. The van der Waals surface area contributed by atoms with Gasteiger partial charge in [0.05, 0.1) is 0 Å². The number of aromatic nitrogens is 4. The SMILES string of the molecule is Cc1nnc2c(Nc3ccc(N(C)C)cc3)nccn12. The van der Waals surface area contributed by atoms with Crippen molar-refractivity contribution in [2.45, 2.75) is 6.92 Å². The smallest absolute Gasteiger partial charge is 0.204 e. The molecular weight excluding hydrogens is 252 g/mol. The third-order valence-electron chi connectivity index (χ3n) is 3.14. The van der Waals surface area contributed by atoms with E-state index in [1.807, 2.05) is 43.7 Å². The van der Waals surface area contributed by atoms with Crippen LogP contribution in [0.4, 0.5) is 17.2 Å². The fourth-order valence-corrected chi connectivity index (χ4v) is 2.01. The van der Waals surface area contributed by atoms with Gasteiger partial charge in [-0.05, 0) is 31.2 Å². The molecule has 2 aromatic heterocycles. The van der Waals surface area contributed by atoms with Crippen LogP contribution >= 0.6 is 0 Å². The lowest BCUT2D eigenvalue weighted by molar-refractivity contribution is 1.00. The van der Waals surface area contributed by atoms with Crippen LogP contribution in [-0.2, 0) is 0 Å². The molecule has 3 rings (SSSR count). The maximum atomic E-state index is 4.33. The molecule has 0 unspecified atom stereocenters. The zero-order chi connectivity index (χ0) is 14.1. The number of anilines is 3. The van der Waals surface area contributed by atoms with Crippen LogP contribution in [0.1, 0.15) is 5.82 Å². The van der Waals surface area contributed by atoms with Crippen molar-refractivity contribution in [2.75, 3.05) is 24.3 Å². The van der Waals surface area contributed by atoms with Crippen molar-refractivity contribution in [2.24, 2.45) is 0 Å². The van der Waals surface area contributed by atoms with Gasteiger partial charge in [0.1, 0.15) is 5.82 Å². The van der Waals surface area contributed by atoms with E-state index >= 15 is 0 Å². The van der Waals surface area contributed by atoms with Gasteiger partial charge < -0.3 is 10.2 Å². The first-order chi connectivity index (χ1) is 9.65. The summed E-state index contributed by atoms with van der Waals surface area (Å²) in [6.45, 7) is 1.91. The largest absolute Gasteiger partial charge is 0.378 e. The van der Waals surface area contributed by atoms with E-state index in [1.54, 1.807) is 6.20 Å². The van der Waals surface area contributed by atoms with E-state index in [0.717, 1.165) is 22.8 Å². The molecule has 0 saturated carbocycles. The second-order valence-corrected chi connectivity index (χ2v) is 4.78. The summed E-state index contributed by atoms with van der Waals surface area (Å²) in [4.78, 5) is 6.39. The summed E-state index contributed by atoms with van der Waals surface area (Å²) in [6, 6.07) is 8.14. The van der Waals surface area contributed by atoms with Crippen molar-refractivity contribution < 1.29 is 0 Å². The minimum Gasteiger partial charge on any atom is -0.378 e. The molecule has 0 aliphatic rings. The topological polar surface area (TPSA) is 58.4 Å². The Morgan fingerprint density at radius 3 is 2.55 bits per heavy atom. The molecule has 1 N–H and O–H groups in total. The van der Waals surface area contributed by atoms with Gasteiger partial charge in [0.15, 0.2) is 5.82 Å². The Balaban J connectivity index is 1.93. The molecule has 6 nitrogen and oxygen atoms in total. The Kier molecular flexibility index (Phi) is 2.98. The van der Waals surface area contributed by atoms with Gasteiger partial charge in [-0.25, -0.2) is 4.98 Å².